The van der Waals surface area contributed by atoms with Gasteiger partial charge in [0.2, 0.25) is 0 Å². The van der Waals surface area contributed by atoms with Gasteiger partial charge in [0.05, 0.1) is 11.1 Å². The first kappa shape index (κ1) is 12.8. The first-order valence-corrected chi connectivity index (χ1v) is 4.29. The maximum atomic E-state index is 13.2. The molecular formula is C9H8F5NO. The molecular weight excluding hydrogens is 233 g/mol. The van der Waals surface area contributed by atoms with E-state index in [4.69, 9.17) is 5.11 Å². The maximum Gasteiger partial charge on any atom is 0.417 e. The van der Waals surface area contributed by atoms with Crippen molar-refractivity contribution in [2.75, 3.05) is 6.61 Å². The fraction of sp³-hybridized carbons (Fsp3) is 0.444. The minimum atomic E-state index is -4.86. The second-order valence-corrected chi connectivity index (χ2v) is 3.10. The Labute approximate surface area is 87.7 Å². The molecule has 0 amide bonds. The molecule has 0 atom stereocenters. The topological polar surface area (TPSA) is 33.1 Å². The highest BCUT2D eigenvalue weighted by atomic mass is 19.4. The van der Waals surface area contributed by atoms with E-state index in [-0.39, 0.29) is 0 Å². The van der Waals surface area contributed by atoms with Crippen molar-refractivity contribution in [2.45, 2.75) is 18.5 Å². The lowest BCUT2D eigenvalue weighted by molar-refractivity contribution is -0.142. The van der Waals surface area contributed by atoms with Crippen LogP contribution in [0.5, 0.6) is 0 Å². The van der Waals surface area contributed by atoms with Gasteiger partial charge in [0.1, 0.15) is 0 Å². The summed E-state index contributed by atoms with van der Waals surface area (Å²) in [7, 11) is 0. The average Bonchev–Trinajstić information content (AvgIpc) is 2.16. The third-order valence-corrected chi connectivity index (χ3v) is 1.95. The molecule has 0 radical (unpaired) electrons. The number of aliphatic hydroxyl groups excluding tert-OH is 1. The molecule has 0 aliphatic heterocycles. The van der Waals surface area contributed by atoms with Gasteiger partial charge in [-0.2, -0.15) is 13.2 Å². The molecule has 7 heteroatoms. The van der Waals surface area contributed by atoms with E-state index in [0.29, 0.717) is 12.3 Å². The second-order valence-electron chi connectivity index (χ2n) is 3.10. The molecule has 0 spiro atoms. The normalized spacial score (nSPS) is 12.9. The average molecular weight is 241 g/mol. The van der Waals surface area contributed by atoms with Crippen molar-refractivity contribution < 1.29 is 27.1 Å². The molecule has 0 fully saturated rings. The van der Waals surface area contributed by atoms with E-state index < -0.39 is 36.3 Å². The molecule has 1 rings (SSSR count). The maximum absolute atomic E-state index is 13.2. The smallest absolute Gasteiger partial charge is 0.396 e. The van der Waals surface area contributed by atoms with E-state index in [0.717, 1.165) is 6.20 Å². The van der Waals surface area contributed by atoms with E-state index in [1.165, 1.54) is 0 Å². The minimum Gasteiger partial charge on any atom is -0.396 e. The highest BCUT2D eigenvalue weighted by molar-refractivity contribution is 5.30. The third kappa shape index (κ3) is 2.66. The van der Waals surface area contributed by atoms with Crippen LogP contribution in [0.2, 0.25) is 0 Å². The summed E-state index contributed by atoms with van der Waals surface area (Å²) >= 11 is 0. The van der Waals surface area contributed by atoms with Crippen LogP contribution < -0.4 is 0 Å². The Morgan fingerprint density at radius 1 is 1.12 bits per heavy atom. The molecule has 0 aliphatic rings. The fourth-order valence-electron chi connectivity index (χ4n) is 1.21. The summed E-state index contributed by atoms with van der Waals surface area (Å²) in [6.45, 7) is -0.904. The van der Waals surface area contributed by atoms with Crippen molar-refractivity contribution in [3.05, 3.63) is 29.6 Å². The first-order valence-electron chi connectivity index (χ1n) is 4.29. The predicted molar refractivity (Wildman–Crippen MR) is 44.8 cm³/mol. The van der Waals surface area contributed by atoms with E-state index in [9.17, 15) is 22.0 Å². The second kappa shape index (κ2) is 4.32. The Morgan fingerprint density at radius 3 is 2.25 bits per heavy atom. The molecule has 1 N–H and O–H groups in total. The van der Waals surface area contributed by atoms with Gasteiger partial charge in [-0.3, -0.25) is 4.98 Å². The molecule has 0 unspecified atom stereocenters. The number of halogens is 5. The Balaban J connectivity index is 3.23. The van der Waals surface area contributed by atoms with Crippen LogP contribution >= 0.6 is 0 Å². The zero-order valence-corrected chi connectivity index (χ0v) is 7.93. The summed E-state index contributed by atoms with van der Waals surface area (Å²) in [5.41, 5.74) is -2.64. The van der Waals surface area contributed by atoms with Gasteiger partial charge in [0.25, 0.3) is 5.92 Å². The van der Waals surface area contributed by atoms with E-state index in [2.05, 4.69) is 4.98 Å². The Bertz CT molecular complexity index is 363. The van der Waals surface area contributed by atoms with Crippen LogP contribution in [-0.4, -0.2) is 16.7 Å². The summed E-state index contributed by atoms with van der Waals surface area (Å²) in [6.07, 6.45) is -4.67. The molecule has 1 heterocycles. The minimum absolute atomic E-state index is 0.471. The zero-order chi connectivity index (χ0) is 12.4. The zero-order valence-electron chi connectivity index (χ0n) is 7.93. The fourth-order valence-corrected chi connectivity index (χ4v) is 1.21. The number of aromatic nitrogens is 1. The molecule has 1 aromatic heterocycles. The lowest BCUT2D eigenvalue weighted by atomic mass is 10.0. The summed E-state index contributed by atoms with van der Waals surface area (Å²) in [4.78, 5) is 3.25. The largest absolute Gasteiger partial charge is 0.417 e. The monoisotopic (exact) mass is 241 g/mol. The number of pyridine rings is 1. The van der Waals surface area contributed by atoms with Gasteiger partial charge in [-0.15, -0.1) is 0 Å². The molecule has 1 aromatic rings. The van der Waals surface area contributed by atoms with E-state index in [1.54, 1.807) is 0 Å². The summed E-state index contributed by atoms with van der Waals surface area (Å²) in [6, 6.07) is 0.487. The van der Waals surface area contributed by atoms with Crippen LogP contribution in [-0.2, 0) is 12.1 Å². The quantitative estimate of drug-likeness (QED) is 0.825. The molecule has 0 aromatic carbocycles. The number of hydrogen-bond acceptors (Lipinski definition) is 2. The van der Waals surface area contributed by atoms with Crippen molar-refractivity contribution in [3.8, 4) is 0 Å². The SMILES string of the molecule is OCCC(F)(F)c1cnccc1C(F)(F)F. The van der Waals surface area contributed by atoms with Crippen molar-refractivity contribution in [3.63, 3.8) is 0 Å². The van der Waals surface area contributed by atoms with Gasteiger partial charge >= 0.3 is 6.18 Å². The van der Waals surface area contributed by atoms with Crippen molar-refractivity contribution in [1.29, 1.82) is 0 Å². The number of alkyl halides is 5. The van der Waals surface area contributed by atoms with E-state index in [1.807, 2.05) is 0 Å². The lowest BCUT2D eigenvalue weighted by Crippen LogP contribution is -2.21. The van der Waals surface area contributed by atoms with Gasteiger partial charge in [-0.25, -0.2) is 8.78 Å². The van der Waals surface area contributed by atoms with Crippen LogP contribution in [0.3, 0.4) is 0 Å². The van der Waals surface area contributed by atoms with E-state index >= 15 is 0 Å². The van der Waals surface area contributed by atoms with Crippen LogP contribution in [0, 0.1) is 0 Å². The summed E-state index contributed by atoms with van der Waals surface area (Å²) in [5.74, 6) is -3.74. The standard InChI is InChI=1S/C9H8F5NO/c10-8(11,2-4-16)7-5-15-3-1-6(7)9(12,13)14/h1,3,5,16H,2,4H2. The molecule has 0 bridgehead atoms. The number of aliphatic hydroxyl groups is 1. The Kier molecular flexibility index (Phi) is 3.47. The number of rotatable bonds is 3. The molecule has 90 valence electrons. The van der Waals surface area contributed by atoms with Crippen molar-refractivity contribution in [2.24, 2.45) is 0 Å². The van der Waals surface area contributed by atoms with Gasteiger partial charge in [0.15, 0.2) is 0 Å². The molecule has 16 heavy (non-hydrogen) atoms. The van der Waals surface area contributed by atoms with Crippen molar-refractivity contribution >= 4 is 0 Å². The van der Waals surface area contributed by atoms with Crippen LogP contribution in [0.4, 0.5) is 22.0 Å². The van der Waals surface area contributed by atoms with Crippen LogP contribution in [0.25, 0.3) is 0 Å². The van der Waals surface area contributed by atoms with Crippen LogP contribution in [0.1, 0.15) is 17.5 Å². The van der Waals surface area contributed by atoms with Gasteiger partial charge in [-0.1, -0.05) is 0 Å². The highest BCUT2D eigenvalue weighted by Gasteiger charge is 2.42. The molecule has 2 nitrogen and oxygen atoms in total. The number of hydrogen-bond donors (Lipinski definition) is 1. The number of nitrogens with zero attached hydrogens (tertiary/aromatic N) is 1. The first-order chi connectivity index (χ1) is 7.29. The lowest BCUT2D eigenvalue weighted by Gasteiger charge is -2.19. The van der Waals surface area contributed by atoms with Crippen LogP contribution in [0.15, 0.2) is 18.5 Å². The summed E-state index contributed by atoms with van der Waals surface area (Å²) < 4.78 is 63.7. The molecule has 0 aliphatic carbocycles. The van der Waals surface area contributed by atoms with Gasteiger partial charge in [-0.05, 0) is 6.07 Å². The predicted octanol–water partition coefficient (Wildman–Crippen LogP) is 2.57. The highest BCUT2D eigenvalue weighted by Crippen LogP contribution is 2.40. The molecule has 0 saturated carbocycles. The Morgan fingerprint density at radius 2 is 1.75 bits per heavy atom. The Hall–Kier alpha value is -1.24. The van der Waals surface area contributed by atoms with Gasteiger partial charge < -0.3 is 5.11 Å². The van der Waals surface area contributed by atoms with Crippen molar-refractivity contribution in [1.82, 2.24) is 4.98 Å². The molecule has 0 saturated heterocycles. The summed E-state index contributed by atoms with van der Waals surface area (Å²) in [5, 5.41) is 8.38. The van der Waals surface area contributed by atoms with Gasteiger partial charge in [0, 0.05) is 25.4 Å². The third-order valence-electron chi connectivity index (χ3n) is 1.95.